The number of aromatic nitrogens is 2. The SMILES string of the molecule is Cc1cc(=O)oc2cc(OCC(=O)NCc3csc(-c4ccccn4)n3)ccc12. The molecule has 3 aromatic heterocycles. The van der Waals surface area contributed by atoms with Crippen LogP contribution in [0.4, 0.5) is 0 Å². The number of carbonyl (C=O) groups is 1. The first-order chi connectivity index (χ1) is 14.1. The lowest BCUT2D eigenvalue weighted by Gasteiger charge is -2.08. The Morgan fingerprint density at radius 2 is 2.14 bits per heavy atom. The van der Waals surface area contributed by atoms with Gasteiger partial charge < -0.3 is 14.5 Å². The molecular weight excluding hydrogens is 390 g/mol. The van der Waals surface area contributed by atoms with Gasteiger partial charge in [-0.2, -0.15) is 0 Å². The Morgan fingerprint density at radius 3 is 2.97 bits per heavy atom. The van der Waals surface area contributed by atoms with Crippen molar-refractivity contribution >= 4 is 28.2 Å². The lowest BCUT2D eigenvalue weighted by Crippen LogP contribution is -2.28. The molecule has 0 saturated carbocycles. The van der Waals surface area contributed by atoms with Gasteiger partial charge in [-0.3, -0.25) is 9.78 Å². The summed E-state index contributed by atoms with van der Waals surface area (Å²) in [7, 11) is 0. The molecule has 146 valence electrons. The van der Waals surface area contributed by atoms with E-state index in [1.54, 1.807) is 24.4 Å². The van der Waals surface area contributed by atoms with Crippen LogP contribution in [0, 0.1) is 6.92 Å². The lowest BCUT2D eigenvalue weighted by molar-refractivity contribution is -0.123. The molecule has 4 aromatic rings. The van der Waals surface area contributed by atoms with Crippen molar-refractivity contribution in [1.82, 2.24) is 15.3 Å². The molecule has 7 nitrogen and oxygen atoms in total. The Balaban J connectivity index is 1.33. The summed E-state index contributed by atoms with van der Waals surface area (Å²) in [4.78, 5) is 32.4. The van der Waals surface area contributed by atoms with Crippen LogP contribution in [0.3, 0.4) is 0 Å². The number of carbonyl (C=O) groups excluding carboxylic acids is 1. The molecule has 0 bridgehead atoms. The van der Waals surface area contributed by atoms with E-state index in [-0.39, 0.29) is 12.5 Å². The van der Waals surface area contributed by atoms with Crippen molar-refractivity contribution in [3.63, 3.8) is 0 Å². The van der Waals surface area contributed by atoms with E-state index in [1.165, 1.54) is 17.4 Å². The van der Waals surface area contributed by atoms with Gasteiger partial charge in [0.25, 0.3) is 5.91 Å². The first-order valence-electron chi connectivity index (χ1n) is 8.88. The van der Waals surface area contributed by atoms with Crippen LogP contribution in [0.25, 0.3) is 21.7 Å². The molecule has 4 rings (SSSR count). The zero-order valence-electron chi connectivity index (χ0n) is 15.5. The molecule has 0 fully saturated rings. The minimum absolute atomic E-state index is 0.154. The van der Waals surface area contributed by atoms with Gasteiger partial charge >= 0.3 is 5.63 Å². The highest BCUT2D eigenvalue weighted by molar-refractivity contribution is 7.13. The van der Waals surface area contributed by atoms with Crippen LogP contribution in [0.2, 0.25) is 0 Å². The van der Waals surface area contributed by atoms with Gasteiger partial charge in [0, 0.05) is 29.1 Å². The molecule has 1 N–H and O–H groups in total. The summed E-state index contributed by atoms with van der Waals surface area (Å²) in [6.45, 7) is 1.99. The van der Waals surface area contributed by atoms with E-state index < -0.39 is 5.63 Å². The number of rotatable bonds is 6. The quantitative estimate of drug-likeness (QED) is 0.493. The largest absolute Gasteiger partial charge is 0.484 e. The molecule has 0 saturated heterocycles. The number of ether oxygens (including phenoxy) is 1. The van der Waals surface area contributed by atoms with Crippen molar-refractivity contribution < 1.29 is 13.9 Å². The molecule has 0 spiro atoms. The number of nitrogens with one attached hydrogen (secondary N) is 1. The highest BCUT2D eigenvalue weighted by atomic mass is 32.1. The maximum absolute atomic E-state index is 12.1. The highest BCUT2D eigenvalue weighted by Gasteiger charge is 2.09. The van der Waals surface area contributed by atoms with E-state index in [0.29, 0.717) is 17.9 Å². The molecule has 0 aliphatic heterocycles. The predicted octanol–water partition coefficient (Wildman–Crippen LogP) is 3.32. The average molecular weight is 407 g/mol. The van der Waals surface area contributed by atoms with Gasteiger partial charge in [-0.25, -0.2) is 9.78 Å². The second-order valence-corrected chi connectivity index (χ2v) is 7.19. The summed E-state index contributed by atoms with van der Waals surface area (Å²) in [5.41, 5.74) is 2.40. The van der Waals surface area contributed by atoms with Crippen LogP contribution in [-0.4, -0.2) is 22.5 Å². The van der Waals surface area contributed by atoms with Crippen molar-refractivity contribution in [2.24, 2.45) is 0 Å². The fourth-order valence-corrected chi connectivity index (χ4v) is 3.57. The monoisotopic (exact) mass is 407 g/mol. The Bertz CT molecular complexity index is 1220. The number of pyridine rings is 1. The molecule has 8 heteroatoms. The summed E-state index contributed by atoms with van der Waals surface area (Å²) < 4.78 is 10.7. The number of aryl methyl sites for hydroxylation is 1. The van der Waals surface area contributed by atoms with Gasteiger partial charge in [-0.1, -0.05) is 6.07 Å². The zero-order valence-corrected chi connectivity index (χ0v) is 16.4. The van der Waals surface area contributed by atoms with Crippen molar-refractivity contribution in [3.8, 4) is 16.5 Å². The van der Waals surface area contributed by atoms with E-state index in [1.807, 2.05) is 30.5 Å². The predicted molar refractivity (Wildman–Crippen MR) is 110 cm³/mol. The maximum atomic E-state index is 12.1. The van der Waals surface area contributed by atoms with Crippen molar-refractivity contribution in [3.05, 3.63) is 75.7 Å². The van der Waals surface area contributed by atoms with Crippen molar-refractivity contribution in [2.75, 3.05) is 6.61 Å². The number of fused-ring (bicyclic) bond motifs is 1. The van der Waals surface area contributed by atoms with E-state index in [0.717, 1.165) is 27.3 Å². The molecular formula is C21H17N3O4S. The van der Waals surface area contributed by atoms with E-state index in [4.69, 9.17) is 9.15 Å². The van der Waals surface area contributed by atoms with Gasteiger partial charge in [-0.15, -0.1) is 11.3 Å². The number of benzene rings is 1. The summed E-state index contributed by atoms with van der Waals surface area (Å²) in [6, 6.07) is 12.2. The Kier molecular flexibility index (Phi) is 5.35. The van der Waals surface area contributed by atoms with E-state index in [9.17, 15) is 9.59 Å². The van der Waals surface area contributed by atoms with Gasteiger partial charge in [0.1, 0.15) is 16.3 Å². The topological polar surface area (TPSA) is 94.3 Å². The molecule has 29 heavy (non-hydrogen) atoms. The molecule has 0 radical (unpaired) electrons. The molecule has 3 heterocycles. The van der Waals surface area contributed by atoms with Crippen LogP contribution in [0.1, 0.15) is 11.3 Å². The summed E-state index contributed by atoms with van der Waals surface area (Å²) in [6.07, 6.45) is 1.72. The molecule has 0 aliphatic rings. The number of hydrogen-bond acceptors (Lipinski definition) is 7. The zero-order chi connectivity index (χ0) is 20.2. The number of hydrogen-bond donors (Lipinski definition) is 1. The standard InChI is InChI=1S/C21H17N3O4S/c1-13-8-20(26)28-18-9-15(5-6-16(13)18)27-11-19(25)23-10-14-12-29-21(24-14)17-4-2-3-7-22-17/h2-9,12H,10-11H2,1H3,(H,23,25). The molecule has 0 unspecified atom stereocenters. The average Bonchev–Trinajstić information content (AvgIpc) is 3.20. The molecule has 0 atom stereocenters. The molecule has 1 aromatic carbocycles. The highest BCUT2D eigenvalue weighted by Crippen LogP contribution is 2.22. The second-order valence-electron chi connectivity index (χ2n) is 6.33. The Hall–Kier alpha value is -3.52. The van der Waals surface area contributed by atoms with Gasteiger partial charge in [-0.05, 0) is 36.8 Å². The van der Waals surface area contributed by atoms with Crippen LogP contribution < -0.4 is 15.7 Å². The lowest BCUT2D eigenvalue weighted by atomic mass is 10.1. The number of thiazole rings is 1. The third-order valence-corrected chi connectivity index (χ3v) is 5.11. The molecule has 1 amide bonds. The minimum Gasteiger partial charge on any atom is -0.484 e. The second kappa shape index (κ2) is 8.24. The third-order valence-electron chi connectivity index (χ3n) is 4.20. The Labute approximate surface area is 170 Å². The van der Waals surface area contributed by atoms with Crippen LogP contribution in [0.15, 0.2) is 63.3 Å². The van der Waals surface area contributed by atoms with E-state index in [2.05, 4.69) is 15.3 Å². The third kappa shape index (κ3) is 4.49. The van der Waals surface area contributed by atoms with Crippen LogP contribution in [-0.2, 0) is 11.3 Å². The summed E-state index contributed by atoms with van der Waals surface area (Å²) >= 11 is 1.48. The van der Waals surface area contributed by atoms with Gasteiger partial charge in [0.05, 0.1) is 17.9 Å². The smallest absolute Gasteiger partial charge is 0.336 e. The van der Waals surface area contributed by atoms with E-state index >= 15 is 0 Å². The fraction of sp³-hybridized carbons (Fsp3) is 0.143. The normalized spacial score (nSPS) is 10.8. The first-order valence-corrected chi connectivity index (χ1v) is 9.76. The van der Waals surface area contributed by atoms with Gasteiger partial charge in [0.15, 0.2) is 6.61 Å². The number of nitrogens with zero attached hydrogens (tertiary/aromatic N) is 2. The fourth-order valence-electron chi connectivity index (χ4n) is 2.78. The van der Waals surface area contributed by atoms with Crippen LogP contribution in [0.5, 0.6) is 5.75 Å². The minimum atomic E-state index is -0.418. The van der Waals surface area contributed by atoms with Crippen molar-refractivity contribution in [1.29, 1.82) is 0 Å². The summed E-state index contributed by atoms with van der Waals surface area (Å²) in [5.74, 6) is 0.177. The summed E-state index contributed by atoms with van der Waals surface area (Å²) in [5, 5.41) is 6.30. The van der Waals surface area contributed by atoms with Gasteiger partial charge in [0.2, 0.25) is 0 Å². The van der Waals surface area contributed by atoms with Crippen LogP contribution >= 0.6 is 11.3 Å². The number of amides is 1. The Morgan fingerprint density at radius 1 is 1.24 bits per heavy atom. The van der Waals surface area contributed by atoms with Crippen molar-refractivity contribution in [2.45, 2.75) is 13.5 Å². The maximum Gasteiger partial charge on any atom is 0.336 e. The molecule has 0 aliphatic carbocycles. The first kappa shape index (κ1) is 18.8.